The van der Waals surface area contributed by atoms with Gasteiger partial charge in [0, 0.05) is 23.6 Å². The fraction of sp³-hybridized carbons (Fsp3) is 0.294. The lowest BCUT2D eigenvalue weighted by molar-refractivity contribution is -0.119. The molecule has 2 rings (SSSR count). The Morgan fingerprint density at radius 1 is 1.19 bits per heavy atom. The summed E-state index contributed by atoms with van der Waals surface area (Å²) >= 11 is 1.28. The van der Waals surface area contributed by atoms with Crippen LogP contribution in [0.25, 0.3) is 0 Å². The molecule has 1 heterocycles. The molecule has 3 N–H and O–H groups in total. The number of methoxy groups -OCH3 is 1. The monoisotopic (exact) mass is 411 g/mol. The zero-order valence-electron chi connectivity index (χ0n) is 15.2. The van der Waals surface area contributed by atoms with E-state index in [1.54, 1.807) is 18.2 Å². The van der Waals surface area contributed by atoms with Crippen molar-refractivity contribution < 1.29 is 22.7 Å². The van der Waals surface area contributed by atoms with Gasteiger partial charge in [0.2, 0.25) is 15.9 Å². The van der Waals surface area contributed by atoms with Gasteiger partial charge in [-0.1, -0.05) is 0 Å². The second-order valence-electron chi connectivity index (χ2n) is 5.55. The lowest BCUT2D eigenvalue weighted by atomic mass is 10.2. The standard InChI is InChI=1S/C17H21N3O5S2/c1-4-27(23,24)20-14-7-5-12(9-15(14)25-3)19-17(22)16-8-6-13(26-16)10-18-11(2)21/h5-9,20H,4,10H2,1-3H3,(H,18,21)(H,19,22). The summed E-state index contributed by atoms with van der Waals surface area (Å²) in [6.07, 6.45) is 0. The number of nitrogens with one attached hydrogen (secondary N) is 3. The molecule has 0 radical (unpaired) electrons. The van der Waals surface area contributed by atoms with E-state index in [2.05, 4.69) is 15.4 Å². The highest BCUT2D eigenvalue weighted by Gasteiger charge is 2.14. The molecule has 146 valence electrons. The minimum absolute atomic E-state index is 0.0617. The molecule has 0 unspecified atom stereocenters. The Labute approximate surface area is 162 Å². The molecule has 0 aliphatic heterocycles. The number of amides is 2. The Hall–Kier alpha value is -2.59. The van der Waals surface area contributed by atoms with Crippen molar-refractivity contribution in [1.82, 2.24) is 5.32 Å². The molecule has 10 heteroatoms. The Balaban J connectivity index is 2.10. The van der Waals surface area contributed by atoms with Crippen molar-refractivity contribution in [3.63, 3.8) is 0 Å². The summed E-state index contributed by atoms with van der Waals surface area (Å²) in [6, 6.07) is 8.10. The molecule has 0 aliphatic rings. The topological polar surface area (TPSA) is 114 Å². The fourth-order valence-electron chi connectivity index (χ4n) is 2.09. The van der Waals surface area contributed by atoms with Crippen LogP contribution in [-0.4, -0.2) is 33.1 Å². The van der Waals surface area contributed by atoms with E-state index in [1.807, 2.05) is 0 Å². The number of benzene rings is 1. The van der Waals surface area contributed by atoms with E-state index in [4.69, 9.17) is 4.74 Å². The molecule has 0 aliphatic carbocycles. The van der Waals surface area contributed by atoms with Crippen LogP contribution in [0.4, 0.5) is 11.4 Å². The zero-order valence-corrected chi connectivity index (χ0v) is 16.8. The van der Waals surface area contributed by atoms with Crippen LogP contribution in [0, 0.1) is 0 Å². The largest absolute Gasteiger partial charge is 0.494 e. The minimum Gasteiger partial charge on any atom is -0.494 e. The summed E-state index contributed by atoms with van der Waals surface area (Å²) in [5, 5.41) is 5.42. The number of thiophene rings is 1. The third-order valence-electron chi connectivity index (χ3n) is 3.50. The van der Waals surface area contributed by atoms with Crippen LogP contribution in [-0.2, 0) is 21.4 Å². The second-order valence-corrected chi connectivity index (χ2v) is 8.73. The van der Waals surface area contributed by atoms with E-state index in [0.717, 1.165) is 4.88 Å². The minimum atomic E-state index is -3.44. The first-order valence-corrected chi connectivity index (χ1v) is 10.5. The Morgan fingerprint density at radius 3 is 2.56 bits per heavy atom. The van der Waals surface area contributed by atoms with E-state index >= 15 is 0 Å². The third kappa shape index (κ3) is 5.97. The number of carbonyl (C=O) groups excluding carboxylic acids is 2. The maximum absolute atomic E-state index is 12.4. The average Bonchev–Trinajstić information content (AvgIpc) is 3.10. The van der Waals surface area contributed by atoms with Gasteiger partial charge >= 0.3 is 0 Å². The SMILES string of the molecule is CCS(=O)(=O)Nc1ccc(NC(=O)c2ccc(CNC(C)=O)s2)cc1OC. The summed E-state index contributed by atoms with van der Waals surface area (Å²) in [6.45, 7) is 3.33. The van der Waals surface area contributed by atoms with E-state index in [9.17, 15) is 18.0 Å². The van der Waals surface area contributed by atoms with Gasteiger partial charge in [-0.2, -0.15) is 0 Å². The number of hydrogen-bond donors (Lipinski definition) is 3. The first-order chi connectivity index (χ1) is 12.7. The van der Waals surface area contributed by atoms with Gasteiger partial charge in [-0.15, -0.1) is 11.3 Å². The first-order valence-electron chi connectivity index (χ1n) is 8.07. The normalized spacial score (nSPS) is 10.9. The molecule has 27 heavy (non-hydrogen) atoms. The predicted octanol–water partition coefficient (Wildman–Crippen LogP) is 2.41. The maximum Gasteiger partial charge on any atom is 0.265 e. The number of hydrogen-bond acceptors (Lipinski definition) is 6. The fourth-order valence-corrected chi connectivity index (χ4v) is 3.58. The zero-order chi connectivity index (χ0) is 20.0. The van der Waals surface area contributed by atoms with Crippen LogP contribution in [0.2, 0.25) is 0 Å². The van der Waals surface area contributed by atoms with Crippen LogP contribution in [0.5, 0.6) is 5.75 Å². The van der Waals surface area contributed by atoms with Crippen LogP contribution >= 0.6 is 11.3 Å². The lowest BCUT2D eigenvalue weighted by Gasteiger charge is -2.13. The smallest absolute Gasteiger partial charge is 0.265 e. The van der Waals surface area contributed by atoms with Crippen molar-refractivity contribution in [1.29, 1.82) is 0 Å². The quantitative estimate of drug-likeness (QED) is 0.617. The third-order valence-corrected chi connectivity index (χ3v) is 5.88. The summed E-state index contributed by atoms with van der Waals surface area (Å²) in [5.74, 6) is -0.214. The first kappa shape index (κ1) is 20.7. The van der Waals surface area contributed by atoms with Gasteiger partial charge in [0.15, 0.2) is 0 Å². The van der Waals surface area contributed by atoms with E-state index < -0.39 is 10.0 Å². The summed E-state index contributed by atoms with van der Waals surface area (Å²) in [5.41, 5.74) is 0.763. The molecule has 0 bridgehead atoms. The second kappa shape index (κ2) is 8.87. The molecule has 0 saturated carbocycles. The molecule has 2 amide bonds. The van der Waals surface area contributed by atoms with Gasteiger partial charge in [-0.3, -0.25) is 14.3 Å². The van der Waals surface area contributed by atoms with Gasteiger partial charge in [-0.25, -0.2) is 8.42 Å². The van der Waals surface area contributed by atoms with E-state index in [1.165, 1.54) is 44.4 Å². The maximum atomic E-state index is 12.4. The van der Waals surface area contributed by atoms with Gasteiger partial charge in [0.1, 0.15) is 5.75 Å². The predicted molar refractivity (Wildman–Crippen MR) is 106 cm³/mol. The van der Waals surface area contributed by atoms with Gasteiger partial charge in [0.05, 0.1) is 30.0 Å². The molecule has 2 aromatic rings. The van der Waals surface area contributed by atoms with Gasteiger partial charge in [0.25, 0.3) is 5.91 Å². The van der Waals surface area contributed by atoms with E-state index in [0.29, 0.717) is 28.5 Å². The molecule has 0 saturated heterocycles. The van der Waals surface area contributed by atoms with Crippen LogP contribution in [0.15, 0.2) is 30.3 Å². The Bertz CT molecular complexity index is 938. The lowest BCUT2D eigenvalue weighted by Crippen LogP contribution is -2.18. The molecule has 1 aromatic heterocycles. The number of carbonyl (C=O) groups is 2. The van der Waals surface area contributed by atoms with Crippen molar-refractivity contribution in [2.24, 2.45) is 0 Å². The van der Waals surface area contributed by atoms with E-state index in [-0.39, 0.29) is 17.6 Å². The Kier molecular flexibility index (Phi) is 6.81. The van der Waals surface area contributed by atoms with Crippen molar-refractivity contribution in [2.75, 3.05) is 22.9 Å². The highest BCUT2D eigenvalue weighted by molar-refractivity contribution is 7.92. The molecule has 0 fully saturated rings. The highest BCUT2D eigenvalue weighted by atomic mass is 32.2. The van der Waals surface area contributed by atoms with Crippen molar-refractivity contribution >= 4 is 44.5 Å². The molecular formula is C17H21N3O5S2. The highest BCUT2D eigenvalue weighted by Crippen LogP contribution is 2.29. The number of rotatable bonds is 8. The van der Waals surface area contributed by atoms with Crippen molar-refractivity contribution in [3.8, 4) is 5.75 Å². The number of sulfonamides is 1. The average molecular weight is 412 g/mol. The molecule has 0 spiro atoms. The molecule has 0 atom stereocenters. The summed E-state index contributed by atoms with van der Waals surface area (Å²) < 4.78 is 31.1. The Morgan fingerprint density at radius 2 is 1.93 bits per heavy atom. The number of ether oxygens (including phenoxy) is 1. The van der Waals surface area contributed by atoms with Crippen LogP contribution in [0.3, 0.4) is 0 Å². The van der Waals surface area contributed by atoms with Crippen molar-refractivity contribution in [3.05, 3.63) is 40.1 Å². The number of anilines is 2. The molecular weight excluding hydrogens is 390 g/mol. The molecule has 1 aromatic carbocycles. The van der Waals surface area contributed by atoms with Gasteiger partial charge < -0.3 is 15.4 Å². The van der Waals surface area contributed by atoms with Crippen molar-refractivity contribution in [2.45, 2.75) is 20.4 Å². The summed E-state index contributed by atoms with van der Waals surface area (Å²) in [7, 11) is -2.02. The van der Waals surface area contributed by atoms with Crippen LogP contribution < -0.4 is 20.1 Å². The van der Waals surface area contributed by atoms with Crippen LogP contribution in [0.1, 0.15) is 28.4 Å². The molecule has 8 nitrogen and oxygen atoms in total. The van der Waals surface area contributed by atoms with Gasteiger partial charge in [-0.05, 0) is 31.2 Å². The summed E-state index contributed by atoms with van der Waals surface area (Å²) in [4.78, 5) is 24.7.